The topological polar surface area (TPSA) is 3.24 Å². The Morgan fingerprint density at radius 3 is 1.68 bits per heavy atom. The molecule has 2 heteroatoms. The van der Waals surface area contributed by atoms with Crippen LogP contribution in [-0.4, -0.2) is 50.7 Å². The number of rotatable bonds is 3. The molecule has 2 fully saturated rings. The van der Waals surface area contributed by atoms with E-state index in [1.807, 2.05) is 0 Å². The van der Waals surface area contributed by atoms with Gasteiger partial charge in [0.05, 0.1) is 5.66 Å². The van der Waals surface area contributed by atoms with Gasteiger partial charge in [-0.05, 0) is 40.3 Å². The Kier molecular flexibility index (Phi) is 7.33. The van der Waals surface area contributed by atoms with Gasteiger partial charge in [0, 0.05) is 39.2 Å². The van der Waals surface area contributed by atoms with E-state index in [0.29, 0.717) is 0 Å². The molecule has 0 bridgehead atoms. The van der Waals surface area contributed by atoms with Gasteiger partial charge in [-0.1, -0.05) is 32.1 Å². The molecular formula is C17H37NP+. The van der Waals surface area contributed by atoms with Crippen LogP contribution in [0.1, 0.15) is 58.3 Å². The molecule has 2 saturated carbocycles. The molecule has 2 unspecified atom stereocenters. The summed E-state index contributed by atoms with van der Waals surface area (Å²) in [5, 5.41) is 0. The van der Waals surface area contributed by atoms with Gasteiger partial charge in [-0.2, -0.15) is 0 Å². The first-order valence-electron chi connectivity index (χ1n) is 8.31. The molecule has 114 valence electrons. The molecule has 0 spiro atoms. The molecule has 0 heterocycles. The Morgan fingerprint density at radius 2 is 1.32 bits per heavy atom. The average Bonchev–Trinajstić information content (AvgIpc) is 3.01. The highest BCUT2D eigenvalue weighted by atomic mass is 31.2. The predicted octanol–water partition coefficient (Wildman–Crippen LogP) is 4.96. The highest BCUT2D eigenvalue weighted by Gasteiger charge is 2.43. The lowest BCUT2D eigenvalue weighted by Gasteiger charge is -2.33. The summed E-state index contributed by atoms with van der Waals surface area (Å²) in [5.74, 6) is 0.957. The van der Waals surface area contributed by atoms with Crippen molar-refractivity contribution in [3.05, 3.63) is 0 Å². The fraction of sp³-hybridized carbons (Fsp3) is 1.00. The lowest BCUT2D eigenvalue weighted by atomic mass is 9.98. The largest absolute Gasteiger partial charge is 0.306 e. The molecule has 19 heavy (non-hydrogen) atoms. The van der Waals surface area contributed by atoms with Crippen molar-refractivity contribution in [3.8, 4) is 0 Å². The Hall–Kier alpha value is 0.390. The van der Waals surface area contributed by atoms with Crippen LogP contribution in [0.3, 0.4) is 0 Å². The summed E-state index contributed by atoms with van der Waals surface area (Å²) in [6.45, 7) is 9.94. The van der Waals surface area contributed by atoms with Gasteiger partial charge < -0.3 is 4.90 Å². The molecule has 0 amide bonds. The quantitative estimate of drug-likeness (QED) is 0.663. The normalized spacial score (nSPS) is 29.2. The second kappa shape index (κ2) is 7.99. The molecule has 0 aromatic carbocycles. The standard InChI is InChI=1S/C12H27NP.C5H10/c1-10(13(2)3)11-8-7-9-12(11)14(4,5)6;1-2-4-5-3-1/h10-12H,7-9H2,1-6H3;1-5H2/q+1;/t10-,11?,12?;/m1./s1. The third-order valence-electron chi connectivity index (χ3n) is 5.21. The summed E-state index contributed by atoms with van der Waals surface area (Å²) in [6.07, 6.45) is 11.9. The zero-order valence-electron chi connectivity index (χ0n) is 14.3. The Morgan fingerprint density at radius 1 is 0.842 bits per heavy atom. The zero-order chi connectivity index (χ0) is 14.5. The van der Waals surface area contributed by atoms with E-state index < -0.39 is 7.26 Å². The highest BCUT2D eigenvalue weighted by molar-refractivity contribution is 7.74. The molecule has 3 atom stereocenters. The first-order valence-corrected chi connectivity index (χ1v) is 11.5. The molecule has 0 radical (unpaired) electrons. The van der Waals surface area contributed by atoms with E-state index >= 15 is 0 Å². The summed E-state index contributed by atoms with van der Waals surface area (Å²) in [4.78, 5) is 2.40. The van der Waals surface area contributed by atoms with Crippen molar-refractivity contribution in [2.45, 2.75) is 70.0 Å². The molecule has 0 N–H and O–H groups in total. The molecule has 0 aliphatic heterocycles. The van der Waals surface area contributed by atoms with Gasteiger partial charge in [0.1, 0.15) is 0 Å². The van der Waals surface area contributed by atoms with Gasteiger partial charge >= 0.3 is 0 Å². The van der Waals surface area contributed by atoms with Crippen molar-refractivity contribution in [2.24, 2.45) is 5.92 Å². The summed E-state index contributed by atoms with van der Waals surface area (Å²) in [6, 6.07) is 0.765. The van der Waals surface area contributed by atoms with E-state index in [1.165, 1.54) is 51.4 Å². The number of nitrogens with zero attached hydrogens (tertiary/aromatic N) is 1. The van der Waals surface area contributed by atoms with Crippen LogP contribution in [0.2, 0.25) is 0 Å². The molecule has 2 aliphatic carbocycles. The third kappa shape index (κ3) is 5.72. The fourth-order valence-electron chi connectivity index (χ4n) is 3.76. The van der Waals surface area contributed by atoms with Gasteiger partial charge in [0.2, 0.25) is 0 Å². The molecule has 1 nitrogen and oxygen atoms in total. The van der Waals surface area contributed by atoms with Crippen molar-refractivity contribution in [1.29, 1.82) is 0 Å². The van der Waals surface area contributed by atoms with Crippen LogP contribution in [0, 0.1) is 5.92 Å². The Bertz CT molecular complexity index is 233. The summed E-state index contributed by atoms with van der Waals surface area (Å²) in [7, 11) is 3.81. The van der Waals surface area contributed by atoms with Crippen molar-refractivity contribution >= 4 is 7.26 Å². The van der Waals surface area contributed by atoms with E-state index in [2.05, 4.69) is 45.9 Å². The lowest BCUT2D eigenvalue weighted by Crippen LogP contribution is -2.37. The molecule has 0 aromatic heterocycles. The van der Waals surface area contributed by atoms with Gasteiger partial charge in [-0.3, -0.25) is 0 Å². The van der Waals surface area contributed by atoms with E-state index in [4.69, 9.17) is 0 Å². The van der Waals surface area contributed by atoms with Gasteiger partial charge in [-0.15, -0.1) is 0 Å². The SMILES string of the molecule is C1CCCC1.C[C@H](C1CCCC1[P+](C)(C)C)N(C)C. The van der Waals surface area contributed by atoms with Crippen LogP contribution < -0.4 is 0 Å². The lowest BCUT2D eigenvalue weighted by molar-refractivity contribution is 0.231. The monoisotopic (exact) mass is 286 g/mol. The minimum atomic E-state index is -0.640. The highest BCUT2D eigenvalue weighted by Crippen LogP contribution is 2.60. The summed E-state index contributed by atoms with van der Waals surface area (Å²) < 4.78 is 0. The minimum absolute atomic E-state index is 0.640. The molecule has 2 aliphatic rings. The molecule has 0 saturated heterocycles. The van der Waals surface area contributed by atoms with Gasteiger partial charge in [0.25, 0.3) is 0 Å². The van der Waals surface area contributed by atoms with Gasteiger partial charge in [-0.25, -0.2) is 0 Å². The van der Waals surface area contributed by atoms with Crippen LogP contribution >= 0.6 is 7.26 Å². The van der Waals surface area contributed by atoms with Crippen LogP contribution in [0.4, 0.5) is 0 Å². The molecule has 0 aromatic rings. The smallest absolute Gasteiger partial charge is 0.0732 e. The minimum Gasteiger partial charge on any atom is -0.306 e. The van der Waals surface area contributed by atoms with Crippen molar-refractivity contribution in [2.75, 3.05) is 34.1 Å². The zero-order valence-corrected chi connectivity index (χ0v) is 15.2. The molecular weight excluding hydrogens is 249 g/mol. The predicted molar refractivity (Wildman–Crippen MR) is 92.1 cm³/mol. The maximum Gasteiger partial charge on any atom is 0.0732 e. The van der Waals surface area contributed by atoms with E-state index in [-0.39, 0.29) is 0 Å². The maximum atomic E-state index is 2.51. The van der Waals surface area contributed by atoms with Gasteiger partial charge in [0.15, 0.2) is 0 Å². The van der Waals surface area contributed by atoms with Crippen LogP contribution in [0.25, 0.3) is 0 Å². The second-order valence-corrected chi connectivity index (χ2v) is 12.6. The van der Waals surface area contributed by atoms with Crippen molar-refractivity contribution in [1.82, 2.24) is 4.90 Å². The first-order chi connectivity index (χ1) is 8.84. The fourth-order valence-corrected chi connectivity index (χ4v) is 6.26. The maximum absolute atomic E-state index is 2.51. The Balaban J connectivity index is 0.000000300. The Labute approximate surface area is 122 Å². The molecule has 2 rings (SSSR count). The number of hydrogen-bond donors (Lipinski definition) is 0. The number of hydrogen-bond acceptors (Lipinski definition) is 1. The van der Waals surface area contributed by atoms with E-state index in [9.17, 15) is 0 Å². The third-order valence-corrected chi connectivity index (χ3v) is 7.84. The summed E-state index contributed by atoms with van der Waals surface area (Å²) in [5.41, 5.74) is 1.03. The van der Waals surface area contributed by atoms with E-state index in [1.54, 1.807) is 0 Å². The van der Waals surface area contributed by atoms with Crippen molar-refractivity contribution in [3.63, 3.8) is 0 Å². The van der Waals surface area contributed by atoms with Crippen LogP contribution in [0.15, 0.2) is 0 Å². The van der Waals surface area contributed by atoms with Crippen molar-refractivity contribution < 1.29 is 0 Å². The van der Waals surface area contributed by atoms with Crippen LogP contribution in [-0.2, 0) is 0 Å². The summed E-state index contributed by atoms with van der Waals surface area (Å²) >= 11 is 0. The second-order valence-electron chi connectivity index (χ2n) is 7.75. The van der Waals surface area contributed by atoms with Crippen LogP contribution in [0.5, 0.6) is 0 Å². The average molecular weight is 286 g/mol. The van der Waals surface area contributed by atoms with E-state index in [0.717, 1.165) is 17.6 Å². The first kappa shape index (κ1) is 17.4.